The highest BCUT2D eigenvalue weighted by Crippen LogP contribution is 2.34. The molecule has 2 N–H and O–H groups in total. The summed E-state index contributed by atoms with van der Waals surface area (Å²) >= 11 is 0. The normalized spacial score (nSPS) is 28.6. The molecule has 1 amide bonds. The molecule has 0 radical (unpaired) electrons. The van der Waals surface area contributed by atoms with Gasteiger partial charge in [-0.1, -0.05) is 13.3 Å². The Morgan fingerprint density at radius 2 is 1.91 bits per heavy atom. The zero-order valence-electron chi connectivity index (χ0n) is 14.6. The third-order valence-corrected chi connectivity index (χ3v) is 5.09. The first-order valence-electron chi connectivity index (χ1n) is 9.19. The maximum Gasteiger partial charge on any atom is 0.234 e. The van der Waals surface area contributed by atoms with Gasteiger partial charge in [0.2, 0.25) is 5.91 Å². The minimum Gasteiger partial charge on any atom is -0.353 e. The molecule has 6 heteroatoms. The number of carbonyl (C=O) groups is 1. The van der Waals surface area contributed by atoms with Crippen molar-refractivity contribution in [3.8, 4) is 0 Å². The second-order valence-electron chi connectivity index (χ2n) is 7.19. The fourth-order valence-corrected chi connectivity index (χ4v) is 3.40. The Morgan fingerprint density at radius 1 is 1.17 bits per heavy atom. The largest absolute Gasteiger partial charge is 0.353 e. The second kappa shape index (κ2) is 7.51. The third kappa shape index (κ3) is 4.83. The number of hydrogen-bond acceptors (Lipinski definition) is 3. The first-order valence-corrected chi connectivity index (χ1v) is 9.19. The lowest BCUT2D eigenvalue weighted by Gasteiger charge is -2.36. The number of nitrogens with one attached hydrogen (secondary N) is 2. The minimum atomic E-state index is 0.184. The molecule has 1 heterocycles. The minimum absolute atomic E-state index is 0.184. The maximum atomic E-state index is 11.9. The van der Waals surface area contributed by atoms with Gasteiger partial charge in [-0.15, -0.1) is 0 Å². The third-order valence-electron chi connectivity index (χ3n) is 5.09. The van der Waals surface area contributed by atoms with Crippen LogP contribution in [0.3, 0.4) is 0 Å². The summed E-state index contributed by atoms with van der Waals surface area (Å²) in [4.78, 5) is 20.9. The summed E-state index contributed by atoms with van der Waals surface area (Å²) in [6.45, 7) is 6.55. The molecule has 6 nitrogen and oxygen atoms in total. The quantitative estimate of drug-likeness (QED) is 0.557. The topological polar surface area (TPSA) is 60.0 Å². The van der Waals surface area contributed by atoms with E-state index in [9.17, 15) is 4.79 Å². The van der Waals surface area contributed by atoms with Crippen LogP contribution >= 0.6 is 0 Å². The standard InChI is InChI=1S/C17H31N5O/c1-3-4-13-11-15(13)20-17(18-2)22-9-7-21(8-10-22)12-16(23)19-14-5-6-14/h13-15H,3-12H2,1-2H3,(H,18,20)(H,19,23)/t13-,15+/m1/s1. The molecule has 2 saturated carbocycles. The first kappa shape index (κ1) is 16.6. The van der Waals surface area contributed by atoms with Crippen LogP contribution in [-0.4, -0.2) is 73.5 Å². The van der Waals surface area contributed by atoms with Crippen LogP contribution < -0.4 is 10.6 Å². The highest BCUT2D eigenvalue weighted by atomic mass is 16.2. The smallest absolute Gasteiger partial charge is 0.234 e. The molecule has 0 aromatic carbocycles. The highest BCUT2D eigenvalue weighted by Gasteiger charge is 2.37. The van der Waals surface area contributed by atoms with Gasteiger partial charge >= 0.3 is 0 Å². The molecular formula is C17H31N5O. The van der Waals surface area contributed by atoms with Crippen LogP contribution in [0.25, 0.3) is 0 Å². The van der Waals surface area contributed by atoms with E-state index >= 15 is 0 Å². The maximum absolute atomic E-state index is 11.9. The summed E-state index contributed by atoms with van der Waals surface area (Å²) < 4.78 is 0. The van der Waals surface area contributed by atoms with Gasteiger partial charge in [-0.05, 0) is 31.6 Å². The van der Waals surface area contributed by atoms with Crippen molar-refractivity contribution in [2.45, 2.75) is 51.1 Å². The average molecular weight is 321 g/mol. The number of piperazine rings is 1. The Bertz CT molecular complexity index is 440. The van der Waals surface area contributed by atoms with Crippen molar-refractivity contribution in [2.75, 3.05) is 39.8 Å². The number of guanidine groups is 1. The van der Waals surface area contributed by atoms with Crippen molar-refractivity contribution in [1.82, 2.24) is 20.4 Å². The number of amides is 1. The van der Waals surface area contributed by atoms with Gasteiger partial charge in [0.25, 0.3) is 0 Å². The Hall–Kier alpha value is -1.30. The molecule has 3 rings (SSSR count). The Kier molecular flexibility index (Phi) is 5.41. The molecule has 1 aliphatic heterocycles. The summed E-state index contributed by atoms with van der Waals surface area (Å²) in [6.07, 6.45) is 6.18. The summed E-state index contributed by atoms with van der Waals surface area (Å²) in [5.74, 6) is 2.06. The molecule has 3 fully saturated rings. The van der Waals surface area contributed by atoms with E-state index in [-0.39, 0.29) is 5.91 Å². The van der Waals surface area contributed by atoms with E-state index in [1.807, 2.05) is 7.05 Å². The Balaban J connectivity index is 1.38. The van der Waals surface area contributed by atoms with Gasteiger partial charge in [0.15, 0.2) is 5.96 Å². The van der Waals surface area contributed by atoms with Gasteiger partial charge in [0, 0.05) is 45.3 Å². The first-order chi connectivity index (χ1) is 11.2. The van der Waals surface area contributed by atoms with E-state index in [0.717, 1.165) is 50.9 Å². The van der Waals surface area contributed by atoms with Crippen molar-refractivity contribution in [2.24, 2.45) is 10.9 Å². The van der Waals surface area contributed by atoms with Gasteiger partial charge < -0.3 is 15.5 Å². The van der Waals surface area contributed by atoms with E-state index in [1.165, 1.54) is 19.3 Å². The zero-order valence-corrected chi connectivity index (χ0v) is 14.6. The molecule has 3 aliphatic rings. The van der Waals surface area contributed by atoms with Crippen molar-refractivity contribution in [3.63, 3.8) is 0 Å². The van der Waals surface area contributed by atoms with E-state index in [1.54, 1.807) is 0 Å². The van der Waals surface area contributed by atoms with Crippen molar-refractivity contribution < 1.29 is 4.79 Å². The van der Waals surface area contributed by atoms with Crippen LogP contribution in [0, 0.1) is 5.92 Å². The van der Waals surface area contributed by atoms with E-state index in [2.05, 4.69) is 32.3 Å². The molecule has 0 aromatic heterocycles. The second-order valence-corrected chi connectivity index (χ2v) is 7.19. The summed E-state index contributed by atoms with van der Waals surface area (Å²) in [5, 5.41) is 6.68. The fourth-order valence-electron chi connectivity index (χ4n) is 3.40. The van der Waals surface area contributed by atoms with Gasteiger partial charge in [-0.2, -0.15) is 0 Å². The van der Waals surface area contributed by atoms with Crippen LogP contribution in [0.5, 0.6) is 0 Å². The Morgan fingerprint density at radius 3 is 2.52 bits per heavy atom. The van der Waals surface area contributed by atoms with E-state index < -0.39 is 0 Å². The fraction of sp³-hybridized carbons (Fsp3) is 0.882. The summed E-state index contributed by atoms with van der Waals surface area (Å²) in [7, 11) is 1.87. The molecule has 2 aliphatic carbocycles. The molecular weight excluding hydrogens is 290 g/mol. The van der Waals surface area contributed by atoms with Crippen LogP contribution in [0.4, 0.5) is 0 Å². The molecule has 0 aromatic rings. The predicted molar refractivity (Wildman–Crippen MR) is 92.5 cm³/mol. The predicted octanol–water partition coefficient (Wildman–Crippen LogP) is 0.647. The highest BCUT2D eigenvalue weighted by molar-refractivity contribution is 5.81. The van der Waals surface area contributed by atoms with Crippen molar-refractivity contribution >= 4 is 11.9 Å². The SMILES string of the molecule is CCC[C@@H]1C[C@@H]1NC(=NC)N1CCN(CC(=O)NC2CC2)CC1. The Labute approximate surface area is 139 Å². The van der Waals surface area contributed by atoms with Gasteiger partial charge in [0.1, 0.15) is 0 Å². The van der Waals surface area contributed by atoms with Crippen molar-refractivity contribution in [1.29, 1.82) is 0 Å². The van der Waals surface area contributed by atoms with Gasteiger partial charge in [0.05, 0.1) is 6.54 Å². The number of hydrogen-bond donors (Lipinski definition) is 2. The van der Waals surface area contributed by atoms with Crippen LogP contribution in [0.2, 0.25) is 0 Å². The number of nitrogens with zero attached hydrogens (tertiary/aromatic N) is 3. The van der Waals surface area contributed by atoms with Gasteiger partial charge in [-0.3, -0.25) is 14.7 Å². The average Bonchev–Trinajstić information content (AvgIpc) is 3.45. The number of rotatable bonds is 6. The molecule has 130 valence electrons. The monoisotopic (exact) mass is 321 g/mol. The van der Waals surface area contributed by atoms with E-state index in [0.29, 0.717) is 18.6 Å². The van der Waals surface area contributed by atoms with Gasteiger partial charge in [-0.25, -0.2) is 0 Å². The molecule has 0 unspecified atom stereocenters. The zero-order chi connectivity index (χ0) is 16.2. The number of aliphatic imine (C=N–C) groups is 1. The summed E-state index contributed by atoms with van der Waals surface area (Å²) in [6, 6.07) is 1.08. The van der Waals surface area contributed by atoms with Crippen molar-refractivity contribution in [3.05, 3.63) is 0 Å². The molecule has 1 saturated heterocycles. The lowest BCUT2D eigenvalue weighted by Crippen LogP contribution is -2.54. The van der Waals surface area contributed by atoms with Crippen LogP contribution in [0.1, 0.15) is 39.0 Å². The number of carbonyl (C=O) groups excluding carboxylic acids is 1. The van der Waals surface area contributed by atoms with Crippen LogP contribution in [0.15, 0.2) is 4.99 Å². The van der Waals surface area contributed by atoms with Crippen LogP contribution in [-0.2, 0) is 4.79 Å². The molecule has 2 atom stereocenters. The molecule has 0 spiro atoms. The lowest BCUT2D eigenvalue weighted by atomic mass is 10.2. The summed E-state index contributed by atoms with van der Waals surface area (Å²) in [5.41, 5.74) is 0. The van der Waals surface area contributed by atoms with E-state index in [4.69, 9.17) is 0 Å². The molecule has 23 heavy (non-hydrogen) atoms. The molecule has 0 bridgehead atoms. The lowest BCUT2D eigenvalue weighted by molar-refractivity contribution is -0.122.